The number of carbonyl (C=O) groups excluding carboxylic acids is 2. The van der Waals surface area contributed by atoms with Crippen molar-refractivity contribution < 1.29 is 18.8 Å². The zero-order valence-electron chi connectivity index (χ0n) is 14.3. The van der Waals surface area contributed by atoms with Gasteiger partial charge in [-0.15, -0.1) is 0 Å². The van der Waals surface area contributed by atoms with Gasteiger partial charge in [0.05, 0.1) is 17.1 Å². The summed E-state index contributed by atoms with van der Waals surface area (Å²) in [6.07, 6.45) is -0.707. The molecule has 0 saturated carbocycles. The number of hydrogen-bond acceptors (Lipinski definition) is 7. The normalized spacial score (nSPS) is 11.8. The van der Waals surface area contributed by atoms with E-state index in [0.717, 1.165) is 5.56 Å². The molecule has 9 heteroatoms. The van der Waals surface area contributed by atoms with Crippen LogP contribution in [0.4, 0.5) is 5.69 Å². The molecule has 7 nitrogen and oxygen atoms in total. The van der Waals surface area contributed by atoms with Crippen LogP contribution in [0.5, 0.6) is 0 Å². The number of ether oxygens (including phenoxy) is 1. The second-order valence-corrected chi connectivity index (χ2v) is 6.81. The molecule has 0 fully saturated rings. The maximum Gasteiger partial charge on any atom is 0.307 e. The van der Waals surface area contributed by atoms with Crippen molar-refractivity contribution in [3.63, 3.8) is 0 Å². The maximum atomic E-state index is 12.1. The number of para-hydroxylation sites is 1. The molecule has 1 amide bonds. The smallest absolute Gasteiger partial charge is 0.307 e. The lowest BCUT2D eigenvalue weighted by Gasteiger charge is -2.13. The summed E-state index contributed by atoms with van der Waals surface area (Å²) in [7, 11) is 0. The Balaban J connectivity index is 1.47. The molecule has 0 aliphatic heterocycles. The summed E-state index contributed by atoms with van der Waals surface area (Å²) in [6.45, 7) is 1.49. The van der Waals surface area contributed by atoms with Crippen LogP contribution in [0.25, 0.3) is 11.4 Å². The van der Waals surface area contributed by atoms with E-state index in [1.807, 2.05) is 16.8 Å². The van der Waals surface area contributed by atoms with Crippen LogP contribution in [0.15, 0.2) is 45.6 Å². The van der Waals surface area contributed by atoms with Crippen LogP contribution in [0.1, 0.15) is 19.2 Å². The van der Waals surface area contributed by atoms with Gasteiger partial charge in [-0.3, -0.25) is 9.59 Å². The fourth-order valence-electron chi connectivity index (χ4n) is 2.18. The Morgan fingerprint density at radius 2 is 2.15 bits per heavy atom. The maximum absolute atomic E-state index is 12.1. The van der Waals surface area contributed by atoms with Gasteiger partial charge in [0.2, 0.25) is 11.7 Å². The third-order valence-electron chi connectivity index (χ3n) is 3.60. The fraction of sp³-hybridized carbons (Fsp3) is 0.222. The van der Waals surface area contributed by atoms with Crippen LogP contribution in [-0.2, 0) is 20.7 Å². The average Bonchev–Trinajstić information content (AvgIpc) is 3.33. The van der Waals surface area contributed by atoms with Crippen LogP contribution in [-0.4, -0.2) is 28.1 Å². The highest BCUT2D eigenvalue weighted by molar-refractivity contribution is 7.08. The van der Waals surface area contributed by atoms with Crippen LogP contribution in [0, 0.1) is 0 Å². The number of carbonyl (C=O) groups is 2. The largest absolute Gasteiger partial charge is 0.453 e. The Hall–Kier alpha value is -2.71. The van der Waals surface area contributed by atoms with Crippen molar-refractivity contribution in [1.29, 1.82) is 0 Å². The highest BCUT2D eigenvalue weighted by atomic mass is 35.5. The third-order valence-corrected chi connectivity index (χ3v) is 4.61. The first-order chi connectivity index (χ1) is 13.0. The second-order valence-electron chi connectivity index (χ2n) is 5.62. The SMILES string of the molecule is CC(OC(=O)CCc1nc(-c2ccsc2)no1)C(=O)Nc1ccccc1Cl. The summed E-state index contributed by atoms with van der Waals surface area (Å²) in [5.74, 6) is -0.186. The van der Waals surface area contributed by atoms with Crippen LogP contribution < -0.4 is 5.32 Å². The zero-order chi connectivity index (χ0) is 19.2. The lowest BCUT2D eigenvalue weighted by molar-refractivity contribution is -0.153. The molecule has 0 saturated heterocycles. The third kappa shape index (κ3) is 5.15. The number of esters is 1. The van der Waals surface area contributed by atoms with E-state index in [1.165, 1.54) is 18.3 Å². The van der Waals surface area contributed by atoms with Gasteiger partial charge < -0.3 is 14.6 Å². The Morgan fingerprint density at radius 1 is 1.33 bits per heavy atom. The molecule has 27 heavy (non-hydrogen) atoms. The first-order valence-corrected chi connectivity index (χ1v) is 9.45. The molecule has 2 aromatic heterocycles. The summed E-state index contributed by atoms with van der Waals surface area (Å²) < 4.78 is 10.3. The van der Waals surface area contributed by atoms with E-state index in [1.54, 1.807) is 24.3 Å². The highest BCUT2D eigenvalue weighted by Gasteiger charge is 2.19. The van der Waals surface area contributed by atoms with Gasteiger partial charge in [-0.05, 0) is 30.5 Å². The monoisotopic (exact) mass is 405 g/mol. The lowest BCUT2D eigenvalue weighted by atomic mass is 10.3. The van der Waals surface area contributed by atoms with E-state index in [-0.39, 0.29) is 12.8 Å². The summed E-state index contributed by atoms with van der Waals surface area (Å²) in [4.78, 5) is 28.3. The molecule has 1 atom stereocenters. The summed E-state index contributed by atoms with van der Waals surface area (Å²) in [5.41, 5.74) is 1.32. The van der Waals surface area contributed by atoms with Crippen molar-refractivity contribution in [3.8, 4) is 11.4 Å². The molecule has 0 radical (unpaired) electrons. The number of aromatic nitrogens is 2. The molecular weight excluding hydrogens is 390 g/mol. The van der Waals surface area contributed by atoms with Crippen LogP contribution in [0.2, 0.25) is 5.02 Å². The molecular formula is C18H16ClN3O4S. The fourth-order valence-corrected chi connectivity index (χ4v) is 3.00. The second kappa shape index (κ2) is 8.79. The molecule has 1 aromatic carbocycles. The van der Waals surface area contributed by atoms with Crippen molar-refractivity contribution in [3.05, 3.63) is 52.0 Å². The van der Waals surface area contributed by atoms with Crippen molar-refractivity contribution in [1.82, 2.24) is 10.1 Å². The van der Waals surface area contributed by atoms with E-state index in [0.29, 0.717) is 22.4 Å². The number of halogens is 1. The van der Waals surface area contributed by atoms with E-state index in [4.69, 9.17) is 20.9 Å². The predicted octanol–water partition coefficient (Wildman–Crippen LogP) is 3.95. The van der Waals surface area contributed by atoms with Gasteiger partial charge in [0, 0.05) is 17.4 Å². The number of aryl methyl sites for hydroxylation is 1. The standard InChI is InChI=1S/C18H16ClN3O4S/c1-11(18(24)20-14-5-3-2-4-13(14)19)25-16(23)7-6-15-21-17(22-26-15)12-8-9-27-10-12/h2-5,8-11H,6-7H2,1H3,(H,20,24). The van der Waals surface area contributed by atoms with Gasteiger partial charge in [-0.1, -0.05) is 28.9 Å². The Morgan fingerprint density at radius 3 is 2.89 bits per heavy atom. The summed E-state index contributed by atoms with van der Waals surface area (Å²) in [5, 5.41) is 10.7. The van der Waals surface area contributed by atoms with Crippen LogP contribution >= 0.6 is 22.9 Å². The van der Waals surface area contributed by atoms with Crippen molar-refractivity contribution in [2.75, 3.05) is 5.32 Å². The van der Waals surface area contributed by atoms with Gasteiger partial charge in [-0.25, -0.2) is 0 Å². The van der Waals surface area contributed by atoms with E-state index in [2.05, 4.69) is 15.5 Å². The Bertz CT molecular complexity index is 926. The quantitative estimate of drug-likeness (QED) is 0.598. The van der Waals surface area contributed by atoms with E-state index < -0.39 is 18.0 Å². The first-order valence-electron chi connectivity index (χ1n) is 8.13. The number of nitrogens with one attached hydrogen (secondary N) is 1. The van der Waals surface area contributed by atoms with Gasteiger partial charge in [-0.2, -0.15) is 16.3 Å². The lowest BCUT2D eigenvalue weighted by Crippen LogP contribution is -2.30. The molecule has 0 aliphatic rings. The number of hydrogen-bond donors (Lipinski definition) is 1. The number of amides is 1. The molecule has 1 N–H and O–H groups in total. The van der Waals surface area contributed by atoms with Crippen molar-refractivity contribution >= 4 is 40.5 Å². The number of rotatable bonds is 7. The zero-order valence-corrected chi connectivity index (χ0v) is 15.9. The van der Waals surface area contributed by atoms with E-state index in [9.17, 15) is 9.59 Å². The summed E-state index contributed by atoms with van der Waals surface area (Å²) in [6, 6.07) is 8.69. The summed E-state index contributed by atoms with van der Waals surface area (Å²) >= 11 is 7.52. The minimum absolute atomic E-state index is 0.0228. The number of anilines is 1. The number of thiophene rings is 1. The molecule has 0 aliphatic carbocycles. The van der Waals surface area contributed by atoms with Gasteiger partial charge in [0.15, 0.2) is 6.10 Å². The first kappa shape index (κ1) is 19.1. The molecule has 140 valence electrons. The Kier molecular flexibility index (Phi) is 6.20. The molecule has 3 rings (SSSR count). The minimum Gasteiger partial charge on any atom is -0.453 e. The Labute approximate surface area is 164 Å². The highest BCUT2D eigenvalue weighted by Crippen LogP contribution is 2.21. The number of nitrogens with zero attached hydrogens (tertiary/aromatic N) is 2. The number of benzene rings is 1. The predicted molar refractivity (Wildman–Crippen MR) is 102 cm³/mol. The van der Waals surface area contributed by atoms with Gasteiger partial charge >= 0.3 is 5.97 Å². The molecule has 0 bridgehead atoms. The topological polar surface area (TPSA) is 94.3 Å². The molecule has 2 heterocycles. The van der Waals surface area contributed by atoms with Crippen LogP contribution in [0.3, 0.4) is 0 Å². The van der Waals surface area contributed by atoms with Crippen molar-refractivity contribution in [2.24, 2.45) is 0 Å². The molecule has 3 aromatic rings. The van der Waals surface area contributed by atoms with Gasteiger partial charge in [0.25, 0.3) is 5.91 Å². The van der Waals surface area contributed by atoms with E-state index >= 15 is 0 Å². The van der Waals surface area contributed by atoms with Gasteiger partial charge in [0.1, 0.15) is 0 Å². The average molecular weight is 406 g/mol. The van der Waals surface area contributed by atoms with Crippen molar-refractivity contribution in [2.45, 2.75) is 25.9 Å². The minimum atomic E-state index is -0.960. The molecule has 0 spiro atoms. The molecule has 1 unspecified atom stereocenters.